The number of aryl methyl sites for hydroxylation is 1. The molecule has 0 saturated carbocycles. The minimum Gasteiger partial charge on any atom is -0.306 e. The predicted octanol–water partition coefficient (Wildman–Crippen LogP) is 4.09. The van der Waals surface area contributed by atoms with Crippen LogP contribution in [-0.2, 0) is 6.54 Å². The summed E-state index contributed by atoms with van der Waals surface area (Å²) in [7, 11) is 0. The second kappa shape index (κ2) is 7.26. The quantitative estimate of drug-likeness (QED) is 0.709. The van der Waals surface area contributed by atoms with E-state index in [-0.39, 0.29) is 0 Å². The van der Waals surface area contributed by atoms with Gasteiger partial charge in [0.1, 0.15) is 0 Å². The van der Waals surface area contributed by atoms with Gasteiger partial charge in [-0.05, 0) is 38.0 Å². The monoisotopic (exact) mass is 344 g/mol. The Bertz CT molecular complexity index is 897. The molecule has 0 radical (unpaired) electrons. The molecule has 132 valence electrons. The van der Waals surface area contributed by atoms with E-state index < -0.39 is 0 Å². The Labute approximate surface area is 154 Å². The molecule has 0 spiro atoms. The van der Waals surface area contributed by atoms with Crippen molar-refractivity contribution in [3.05, 3.63) is 89.4 Å². The third-order valence-corrected chi connectivity index (χ3v) is 5.08. The van der Waals surface area contributed by atoms with Crippen LogP contribution in [0.25, 0.3) is 5.82 Å². The molecular formula is C22H24N4. The van der Waals surface area contributed by atoms with E-state index in [1.54, 1.807) is 0 Å². The third-order valence-electron chi connectivity index (χ3n) is 5.08. The number of benzene rings is 1. The molecule has 0 bridgehead atoms. The maximum absolute atomic E-state index is 4.74. The number of hydrogen-bond acceptors (Lipinski definition) is 3. The number of hydrogen-bond donors (Lipinski definition) is 1. The molecule has 2 aromatic heterocycles. The number of aromatic nitrogens is 3. The van der Waals surface area contributed by atoms with E-state index in [0.29, 0.717) is 12.0 Å². The second-order valence-corrected chi connectivity index (χ2v) is 6.88. The van der Waals surface area contributed by atoms with Crippen molar-refractivity contribution in [2.45, 2.75) is 38.8 Å². The van der Waals surface area contributed by atoms with Crippen molar-refractivity contribution >= 4 is 0 Å². The highest BCUT2D eigenvalue weighted by molar-refractivity contribution is 5.38. The van der Waals surface area contributed by atoms with Crippen LogP contribution in [0, 0.1) is 13.8 Å². The van der Waals surface area contributed by atoms with Crippen LogP contribution in [0.4, 0.5) is 0 Å². The Hall–Kier alpha value is -2.72. The van der Waals surface area contributed by atoms with E-state index in [9.17, 15) is 0 Å². The number of allylic oxidation sites excluding steroid dienone is 1. The molecule has 2 atom stereocenters. The largest absolute Gasteiger partial charge is 0.306 e. The summed E-state index contributed by atoms with van der Waals surface area (Å²) in [6, 6.07) is 16.9. The number of rotatable bonds is 5. The molecule has 0 aliphatic heterocycles. The molecule has 1 aromatic carbocycles. The van der Waals surface area contributed by atoms with Crippen molar-refractivity contribution in [2.24, 2.45) is 0 Å². The van der Waals surface area contributed by atoms with Crippen LogP contribution in [0.3, 0.4) is 0 Å². The van der Waals surface area contributed by atoms with Crippen molar-refractivity contribution < 1.29 is 0 Å². The van der Waals surface area contributed by atoms with Gasteiger partial charge in [-0.3, -0.25) is 0 Å². The summed E-state index contributed by atoms with van der Waals surface area (Å²) in [5, 5.41) is 8.39. The molecule has 2 heterocycles. The Morgan fingerprint density at radius 1 is 1.04 bits per heavy atom. The van der Waals surface area contributed by atoms with Crippen LogP contribution >= 0.6 is 0 Å². The van der Waals surface area contributed by atoms with E-state index in [1.165, 1.54) is 16.8 Å². The van der Waals surface area contributed by atoms with E-state index >= 15 is 0 Å². The Morgan fingerprint density at radius 2 is 1.85 bits per heavy atom. The molecule has 3 aromatic rings. The molecular weight excluding hydrogens is 320 g/mol. The van der Waals surface area contributed by atoms with Gasteiger partial charge in [-0.15, -0.1) is 0 Å². The molecule has 1 aliphatic rings. The maximum atomic E-state index is 4.74. The van der Waals surface area contributed by atoms with Crippen molar-refractivity contribution in [2.75, 3.05) is 0 Å². The first-order valence-corrected chi connectivity index (χ1v) is 9.15. The molecule has 0 unspecified atom stereocenters. The standard InChI is InChI=1S/C22H24N4/c1-16-22(17(2)26(25-16)21-10-6-7-13-23-21)19-11-12-20(14-19)24-15-18-8-4-3-5-9-18/h3-13,19-20,24H,14-15H2,1-2H3/t19-,20-/m1/s1. The van der Waals surface area contributed by atoms with Gasteiger partial charge in [0.05, 0.1) is 5.69 Å². The van der Waals surface area contributed by atoms with Gasteiger partial charge in [0.25, 0.3) is 0 Å². The minimum absolute atomic E-state index is 0.400. The van der Waals surface area contributed by atoms with Gasteiger partial charge < -0.3 is 5.32 Å². The minimum atomic E-state index is 0.400. The number of pyridine rings is 1. The summed E-state index contributed by atoms with van der Waals surface area (Å²) in [5.74, 6) is 1.28. The van der Waals surface area contributed by atoms with Crippen LogP contribution in [0.15, 0.2) is 66.9 Å². The summed E-state index contributed by atoms with van der Waals surface area (Å²) in [6.07, 6.45) is 7.50. The highest BCUT2D eigenvalue weighted by atomic mass is 15.3. The highest BCUT2D eigenvalue weighted by Gasteiger charge is 2.26. The molecule has 4 nitrogen and oxygen atoms in total. The SMILES string of the molecule is Cc1nn(-c2ccccn2)c(C)c1[C@@H]1C=C[C@@H](NCc2ccccc2)C1. The first-order valence-electron chi connectivity index (χ1n) is 9.15. The summed E-state index contributed by atoms with van der Waals surface area (Å²) < 4.78 is 1.96. The summed E-state index contributed by atoms with van der Waals surface area (Å²) in [4.78, 5) is 4.44. The van der Waals surface area contributed by atoms with Gasteiger partial charge in [-0.1, -0.05) is 48.6 Å². The van der Waals surface area contributed by atoms with Crippen LogP contribution in [0.1, 0.15) is 34.9 Å². The van der Waals surface area contributed by atoms with Crippen LogP contribution < -0.4 is 5.32 Å². The van der Waals surface area contributed by atoms with Crippen LogP contribution in [0.5, 0.6) is 0 Å². The third kappa shape index (κ3) is 3.33. The molecule has 0 amide bonds. The van der Waals surface area contributed by atoms with Gasteiger partial charge in [-0.25, -0.2) is 9.67 Å². The Morgan fingerprint density at radius 3 is 2.62 bits per heavy atom. The number of nitrogens with one attached hydrogen (secondary N) is 1. The summed E-state index contributed by atoms with van der Waals surface area (Å²) >= 11 is 0. The Kier molecular flexibility index (Phi) is 4.67. The first kappa shape index (κ1) is 16.7. The van der Waals surface area contributed by atoms with Gasteiger partial charge in [-0.2, -0.15) is 5.10 Å². The highest BCUT2D eigenvalue weighted by Crippen LogP contribution is 2.33. The summed E-state index contributed by atoms with van der Waals surface area (Å²) in [6.45, 7) is 5.14. The molecule has 0 saturated heterocycles. The molecule has 4 heteroatoms. The topological polar surface area (TPSA) is 42.7 Å². The molecule has 0 fully saturated rings. The second-order valence-electron chi connectivity index (χ2n) is 6.88. The van der Waals surface area contributed by atoms with Crippen molar-refractivity contribution in [1.82, 2.24) is 20.1 Å². The fraction of sp³-hybridized carbons (Fsp3) is 0.273. The van der Waals surface area contributed by atoms with Crippen LogP contribution in [-0.4, -0.2) is 20.8 Å². The normalized spacial score (nSPS) is 19.2. The molecule has 1 N–H and O–H groups in total. The van der Waals surface area contributed by atoms with Crippen molar-refractivity contribution in [3.8, 4) is 5.82 Å². The lowest BCUT2D eigenvalue weighted by Gasteiger charge is -2.15. The lowest BCUT2D eigenvalue weighted by molar-refractivity contribution is 0.559. The lowest BCUT2D eigenvalue weighted by Crippen LogP contribution is -2.25. The predicted molar refractivity (Wildman–Crippen MR) is 104 cm³/mol. The van der Waals surface area contributed by atoms with Crippen molar-refractivity contribution in [3.63, 3.8) is 0 Å². The average molecular weight is 344 g/mol. The zero-order chi connectivity index (χ0) is 17.9. The average Bonchev–Trinajstić information content (AvgIpc) is 3.25. The van der Waals surface area contributed by atoms with E-state index in [0.717, 1.165) is 24.5 Å². The smallest absolute Gasteiger partial charge is 0.153 e. The first-order chi connectivity index (χ1) is 12.7. The maximum Gasteiger partial charge on any atom is 0.153 e. The number of nitrogens with zero attached hydrogens (tertiary/aromatic N) is 3. The summed E-state index contributed by atoms with van der Waals surface area (Å²) in [5.41, 5.74) is 4.92. The van der Waals surface area contributed by atoms with Gasteiger partial charge in [0.15, 0.2) is 5.82 Å². The van der Waals surface area contributed by atoms with Gasteiger partial charge in [0, 0.05) is 36.0 Å². The van der Waals surface area contributed by atoms with Crippen molar-refractivity contribution in [1.29, 1.82) is 0 Å². The molecule has 1 aliphatic carbocycles. The van der Waals surface area contributed by atoms with E-state index in [4.69, 9.17) is 5.10 Å². The molecule has 26 heavy (non-hydrogen) atoms. The zero-order valence-electron chi connectivity index (χ0n) is 15.3. The lowest BCUT2D eigenvalue weighted by atomic mass is 9.96. The van der Waals surface area contributed by atoms with Gasteiger partial charge >= 0.3 is 0 Å². The Balaban J connectivity index is 1.48. The fourth-order valence-corrected chi connectivity index (χ4v) is 3.80. The van der Waals surface area contributed by atoms with E-state index in [2.05, 4.69) is 66.6 Å². The van der Waals surface area contributed by atoms with E-state index in [1.807, 2.05) is 29.1 Å². The van der Waals surface area contributed by atoms with Crippen LogP contribution in [0.2, 0.25) is 0 Å². The van der Waals surface area contributed by atoms with Gasteiger partial charge in [0.2, 0.25) is 0 Å². The molecule has 4 rings (SSSR count). The fourth-order valence-electron chi connectivity index (χ4n) is 3.80. The zero-order valence-corrected chi connectivity index (χ0v) is 15.3.